The average Bonchev–Trinajstić information content (AvgIpc) is 3.48. The number of para-hydroxylation sites is 2. The number of hydrogen-bond donors (Lipinski definition) is 1. The summed E-state index contributed by atoms with van der Waals surface area (Å²) in [6, 6.07) is 15.7. The third kappa shape index (κ3) is 6.00. The molecule has 2 amide bonds. The van der Waals surface area contributed by atoms with E-state index in [9.17, 15) is 9.18 Å². The van der Waals surface area contributed by atoms with Gasteiger partial charge in [0.25, 0.3) is 0 Å². The van der Waals surface area contributed by atoms with Crippen LogP contribution in [-0.4, -0.2) is 46.0 Å². The second kappa shape index (κ2) is 11.4. The standard InChI is InChI=1S/C27H33FN4O3/c1-4-24-22(18-31(27(33)29-19(2)3)17-21-13-10-16-34-21)26(35-25-15-9-8-14-23(25)28)32(30-24)20-11-6-5-7-12-20/h5-9,11-12,14-15,19,21H,4,10,13,16-18H2,1-3H3,(H,29,33)/t21-/m1/s1. The van der Waals surface area contributed by atoms with Crippen molar-refractivity contribution in [1.82, 2.24) is 20.0 Å². The number of rotatable bonds is 9. The maximum absolute atomic E-state index is 14.6. The van der Waals surface area contributed by atoms with Gasteiger partial charge in [0.2, 0.25) is 5.88 Å². The zero-order valence-corrected chi connectivity index (χ0v) is 20.5. The van der Waals surface area contributed by atoms with Crippen LogP contribution in [0, 0.1) is 5.82 Å². The molecule has 1 aliphatic heterocycles. The van der Waals surface area contributed by atoms with E-state index in [0.29, 0.717) is 25.5 Å². The zero-order chi connectivity index (χ0) is 24.8. The minimum Gasteiger partial charge on any atom is -0.435 e. The van der Waals surface area contributed by atoms with Gasteiger partial charge in [0.05, 0.1) is 29.6 Å². The number of ether oxygens (including phenoxy) is 2. The highest BCUT2D eigenvalue weighted by Gasteiger charge is 2.28. The number of benzene rings is 2. The summed E-state index contributed by atoms with van der Waals surface area (Å²) in [4.78, 5) is 14.9. The SMILES string of the molecule is CCc1nn(-c2ccccc2)c(Oc2ccccc2F)c1CN(C[C@H]1CCCO1)C(=O)NC(C)C. The molecule has 0 bridgehead atoms. The lowest BCUT2D eigenvalue weighted by Gasteiger charge is -2.27. The molecule has 1 atom stereocenters. The van der Waals surface area contributed by atoms with Gasteiger partial charge in [-0.25, -0.2) is 13.9 Å². The van der Waals surface area contributed by atoms with E-state index in [1.807, 2.05) is 51.1 Å². The van der Waals surface area contributed by atoms with Gasteiger partial charge in [-0.1, -0.05) is 37.3 Å². The Balaban J connectivity index is 1.76. The summed E-state index contributed by atoms with van der Waals surface area (Å²) in [6.45, 7) is 7.29. The first-order valence-corrected chi connectivity index (χ1v) is 12.2. The number of nitrogens with one attached hydrogen (secondary N) is 1. The van der Waals surface area contributed by atoms with E-state index in [0.717, 1.165) is 29.8 Å². The fourth-order valence-electron chi connectivity index (χ4n) is 4.18. The van der Waals surface area contributed by atoms with Gasteiger partial charge in [0.1, 0.15) is 0 Å². The first kappa shape index (κ1) is 24.7. The lowest BCUT2D eigenvalue weighted by Crippen LogP contribution is -2.45. The molecule has 0 unspecified atom stereocenters. The molecule has 1 aliphatic rings. The second-order valence-corrected chi connectivity index (χ2v) is 8.98. The molecule has 0 aliphatic carbocycles. The normalized spacial score (nSPS) is 15.4. The van der Waals surface area contributed by atoms with Crippen molar-refractivity contribution >= 4 is 6.03 Å². The van der Waals surface area contributed by atoms with E-state index in [1.165, 1.54) is 6.07 Å². The van der Waals surface area contributed by atoms with Crippen molar-refractivity contribution in [3.05, 3.63) is 71.7 Å². The van der Waals surface area contributed by atoms with E-state index >= 15 is 0 Å². The van der Waals surface area contributed by atoms with Crippen molar-refractivity contribution in [1.29, 1.82) is 0 Å². The molecule has 1 N–H and O–H groups in total. The Bertz CT molecular complexity index is 1130. The summed E-state index contributed by atoms with van der Waals surface area (Å²) in [5.74, 6) is 0.0321. The van der Waals surface area contributed by atoms with Crippen molar-refractivity contribution in [2.45, 2.75) is 58.7 Å². The van der Waals surface area contributed by atoms with Crippen molar-refractivity contribution in [3.8, 4) is 17.3 Å². The Morgan fingerprint density at radius 1 is 1.23 bits per heavy atom. The van der Waals surface area contributed by atoms with E-state index in [-0.39, 0.29) is 30.5 Å². The van der Waals surface area contributed by atoms with Crippen molar-refractivity contribution in [2.75, 3.05) is 13.2 Å². The van der Waals surface area contributed by atoms with Crippen LogP contribution in [0.1, 0.15) is 44.9 Å². The highest BCUT2D eigenvalue weighted by Crippen LogP contribution is 2.33. The number of nitrogens with zero attached hydrogens (tertiary/aromatic N) is 3. The van der Waals surface area contributed by atoms with E-state index in [2.05, 4.69) is 5.32 Å². The second-order valence-electron chi connectivity index (χ2n) is 8.98. The molecule has 2 aromatic carbocycles. The van der Waals surface area contributed by atoms with Crippen LogP contribution in [0.25, 0.3) is 5.69 Å². The molecule has 3 aromatic rings. The first-order chi connectivity index (χ1) is 17.0. The maximum Gasteiger partial charge on any atom is 0.317 e. The Labute approximate surface area is 205 Å². The Hall–Kier alpha value is -3.39. The summed E-state index contributed by atoms with van der Waals surface area (Å²) in [5.41, 5.74) is 2.32. The molecule has 8 heteroatoms. The molecule has 1 aromatic heterocycles. The van der Waals surface area contributed by atoms with Crippen LogP contribution in [0.15, 0.2) is 54.6 Å². The Kier molecular flexibility index (Phi) is 8.02. The fraction of sp³-hybridized carbons (Fsp3) is 0.407. The van der Waals surface area contributed by atoms with Crippen LogP contribution < -0.4 is 10.1 Å². The maximum atomic E-state index is 14.6. The smallest absolute Gasteiger partial charge is 0.317 e. The molecule has 35 heavy (non-hydrogen) atoms. The molecule has 2 heterocycles. The van der Waals surface area contributed by atoms with Crippen LogP contribution in [-0.2, 0) is 17.7 Å². The minimum atomic E-state index is -0.467. The summed E-state index contributed by atoms with van der Waals surface area (Å²) < 4.78 is 28.3. The average molecular weight is 481 g/mol. The van der Waals surface area contributed by atoms with E-state index < -0.39 is 5.82 Å². The van der Waals surface area contributed by atoms with Crippen LogP contribution in [0.3, 0.4) is 0 Å². The van der Waals surface area contributed by atoms with Gasteiger partial charge < -0.3 is 19.7 Å². The Morgan fingerprint density at radius 2 is 1.97 bits per heavy atom. The summed E-state index contributed by atoms with van der Waals surface area (Å²) in [7, 11) is 0. The van der Waals surface area contributed by atoms with Crippen LogP contribution in [0.2, 0.25) is 0 Å². The zero-order valence-electron chi connectivity index (χ0n) is 20.5. The number of aryl methyl sites for hydroxylation is 1. The number of urea groups is 1. The van der Waals surface area contributed by atoms with E-state index in [4.69, 9.17) is 14.6 Å². The summed E-state index contributed by atoms with van der Waals surface area (Å²) in [6.07, 6.45) is 2.51. The quantitative estimate of drug-likeness (QED) is 0.441. The number of aromatic nitrogens is 2. The van der Waals surface area contributed by atoms with Gasteiger partial charge in [0.15, 0.2) is 11.6 Å². The predicted molar refractivity (Wildman–Crippen MR) is 132 cm³/mol. The molecule has 4 rings (SSSR count). The van der Waals surface area contributed by atoms with E-state index in [1.54, 1.807) is 27.8 Å². The van der Waals surface area contributed by atoms with Crippen molar-refractivity contribution in [3.63, 3.8) is 0 Å². The monoisotopic (exact) mass is 480 g/mol. The van der Waals surface area contributed by atoms with Crippen molar-refractivity contribution < 1.29 is 18.7 Å². The topological polar surface area (TPSA) is 68.6 Å². The Morgan fingerprint density at radius 3 is 2.63 bits per heavy atom. The molecule has 1 fully saturated rings. The van der Waals surface area contributed by atoms with Crippen LogP contribution in [0.4, 0.5) is 9.18 Å². The third-order valence-electron chi connectivity index (χ3n) is 5.89. The predicted octanol–water partition coefficient (Wildman–Crippen LogP) is 5.47. The third-order valence-corrected chi connectivity index (χ3v) is 5.89. The molecule has 0 radical (unpaired) electrons. The lowest BCUT2D eigenvalue weighted by atomic mass is 10.1. The highest BCUT2D eigenvalue weighted by molar-refractivity contribution is 5.74. The molecular weight excluding hydrogens is 447 g/mol. The van der Waals surface area contributed by atoms with Gasteiger partial charge in [-0.3, -0.25) is 0 Å². The summed E-state index contributed by atoms with van der Waals surface area (Å²) >= 11 is 0. The van der Waals surface area contributed by atoms with Crippen LogP contribution in [0.5, 0.6) is 11.6 Å². The molecular formula is C27H33FN4O3. The van der Waals surface area contributed by atoms with Gasteiger partial charge in [-0.2, -0.15) is 5.10 Å². The highest BCUT2D eigenvalue weighted by atomic mass is 19.1. The first-order valence-electron chi connectivity index (χ1n) is 12.2. The molecule has 7 nitrogen and oxygen atoms in total. The molecule has 0 spiro atoms. The number of amides is 2. The fourth-order valence-corrected chi connectivity index (χ4v) is 4.18. The molecule has 1 saturated heterocycles. The van der Waals surface area contributed by atoms with Crippen LogP contribution >= 0.6 is 0 Å². The van der Waals surface area contributed by atoms with Gasteiger partial charge >= 0.3 is 6.03 Å². The molecule has 0 saturated carbocycles. The van der Waals surface area contributed by atoms with Gasteiger partial charge in [0, 0.05) is 19.2 Å². The molecule has 186 valence electrons. The lowest BCUT2D eigenvalue weighted by molar-refractivity contribution is 0.0788. The van der Waals surface area contributed by atoms with Gasteiger partial charge in [-0.05, 0) is 57.4 Å². The number of carbonyl (C=O) groups excluding carboxylic acids is 1. The van der Waals surface area contributed by atoms with Gasteiger partial charge in [-0.15, -0.1) is 0 Å². The summed E-state index contributed by atoms with van der Waals surface area (Å²) in [5, 5.41) is 7.80. The number of carbonyl (C=O) groups is 1. The minimum absolute atomic E-state index is 0.0127. The largest absolute Gasteiger partial charge is 0.435 e. The van der Waals surface area contributed by atoms with Crippen molar-refractivity contribution in [2.24, 2.45) is 0 Å². The number of halogens is 1. The number of hydrogen-bond acceptors (Lipinski definition) is 4.